The van der Waals surface area contributed by atoms with E-state index in [4.69, 9.17) is 0 Å². The van der Waals surface area contributed by atoms with E-state index in [1.807, 2.05) is 5.92 Å². The van der Waals surface area contributed by atoms with Crippen molar-refractivity contribution in [2.75, 3.05) is 0 Å². The monoisotopic (exact) mass is 427 g/mol. The van der Waals surface area contributed by atoms with Crippen LogP contribution in [0.5, 0.6) is 0 Å². The zero-order chi connectivity index (χ0) is 22.8. The van der Waals surface area contributed by atoms with Gasteiger partial charge in [-0.1, -0.05) is 46.3 Å². The second-order valence-corrected chi connectivity index (χ2v) is 13.8. The van der Waals surface area contributed by atoms with E-state index in [2.05, 4.69) is 61.5 Å². The Balaban J connectivity index is 1.58. The van der Waals surface area contributed by atoms with Crippen molar-refractivity contribution in [3.63, 3.8) is 0 Å². The quantitative estimate of drug-likeness (QED) is 0.353. The molecule has 176 valence electrons. The van der Waals surface area contributed by atoms with Gasteiger partial charge in [0.2, 0.25) is 0 Å². The van der Waals surface area contributed by atoms with Crippen LogP contribution in [0.4, 0.5) is 0 Å². The maximum Gasteiger partial charge on any atom is 0.111 e. The summed E-state index contributed by atoms with van der Waals surface area (Å²) in [7, 11) is 0. The summed E-state index contributed by atoms with van der Waals surface area (Å²) < 4.78 is 0. The van der Waals surface area contributed by atoms with Crippen LogP contribution in [0.15, 0.2) is 11.6 Å². The average molecular weight is 428 g/mol. The molecule has 1 N–H and O–H groups in total. The van der Waals surface area contributed by atoms with Gasteiger partial charge in [-0.2, -0.15) is 0 Å². The molecule has 4 saturated carbocycles. The van der Waals surface area contributed by atoms with E-state index < -0.39 is 0 Å². The van der Waals surface area contributed by atoms with Gasteiger partial charge in [-0.05, 0) is 101 Å². The highest BCUT2D eigenvalue weighted by Gasteiger charge is 2.73. The molecule has 0 aromatic heterocycles. The van der Waals surface area contributed by atoms with Crippen LogP contribution >= 0.6 is 0 Å². The molecule has 31 heavy (non-hydrogen) atoms. The number of hydrogen-bond donors (Lipinski definition) is 1. The van der Waals surface area contributed by atoms with E-state index in [1.54, 1.807) is 0 Å². The van der Waals surface area contributed by atoms with Gasteiger partial charge >= 0.3 is 0 Å². The molecule has 4 fully saturated rings. The third-order valence-corrected chi connectivity index (χ3v) is 12.0. The van der Waals surface area contributed by atoms with Gasteiger partial charge in [0.15, 0.2) is 0 Å². The van der Waals surface area contributed by atoms with Crippen molar-refractivity contribution < 1.29 is 5.11 Å². The van der Waals surface area contributed by atoms with Crippen molar-refractivity contribution in [3.8, 4) is 0 Å². The number of allylic oxidation sites excluding steroid dienone is 2. The van der Waals surface area contributed by atoms with Gasteiger partial charge in [0.1, 0.15) is 17.3 Å². The predicted molar refractivity (Wildman–Crippen MR) is 133 cm³/mol. The van der Waals surface area contributed by atoms with Crippen LogP contribution in [-0.4, -0.2) is 11.2 Å². The van der Waals surface area contributed by atoms with Gasteiger partial charge in [0, 0.05) is 11.3 Å². The Hall–Kier alpha value is -0.430. The Morgan fingerprint density at radius 2 is 1.68 bits per heavy atom. The third kappa shape index (κ3) is 3.38. The lowest BCUT2D eigenvalue weighted by Gasteiger charge is -2.61. The van der Waals surface area contributed by atoms with Gasteiger partial charge < -0.3 is 5.11 Å². The molecule has 0 spiro atoms. The minimum absolute atomic E-state index is 0.0598. The second kappa shape index (κ2) is 7.82. The van der Waals surface area contributed by atoms with Crippen molar-refractivity contribution in [2.45, 2.75) is 126 Å². The number of fused-ring (bicyclic) bond motifs is 5. The maximum atomic E-state index is 10.8. The predicted octanol–water partition coefficient (Wildman–Crippen LogP) is 8.37. The SMILES string of the molecule is CC(C)=CCC[C@@H](C)[C@H]1CC[C@@]2(C)[C@@H]3CC[C@H]4C(C)(C)[C@@H](O)CC[C@]4(C)[C+]3CC[C@]12C. The summed E-state index contributed by atoms with van der Waals surface area (Å²) in [5.74, 6) is 5.12. The first-order valence-electron chi connectivity index (χ1n) is 13.6. The number of rotatable bonds is 4. The lowest BCUT2D eigenvalue weighted by molar-refractivity contribution is -0.145. The zero-order valence-electron chi connectivity index (χ0n) is 22.0. The lowest BCUT2D eigenvalue weighted by atomic mass is 9.38. The maximum absolute atomic E-state index is 10.8. The van der Waals surface area contributed by atoms with Gasteiger partial charge in [-0.25, -0.2) is 0 Å². The molecule has 1 nitrogen and oxygen atoms in total. The van der Waals surface area contributed by atoms with Gasteiger partial charge in [-0.3, -0.25) is 0 Å². The summed E-state index contributed by atoms with van der Waals surface area (Å²) in [6.07, 6.45) is 15.5. The van der Waals surface area contributed by atoms with Crippen molar-refractivity contribution in [1.29, 1.82) is 0 Å². The molecule has 0 heterocycles. The summed E-state index contributed by atoms with van der Waals surface area (Å²) >= 11 is 0. The number of aliphatic hydroxyl groups excluding tert-OH is 1. The van der Waals surface area contributed by atoms with E-state index >= 15 is 0 Å². The molecule has 4 aliphatic carbocycles. The second-order valence-electron chi connectivity index (χ2n) is 13.8. The Bertz CT molecular complexity index is 701. The van der Waals surface area contributed by atoms with E-state index in [-0.39, 0.29) is 11.5 Å². The molecule has 1 heteroatoms. The normalized spacial score (nSPS) is 47.2. The molecule has 8 atom stereocenters. The molecule has 4 aliphatic rings. The summed E-state index contributed by atoms with van der Waals surface area (Å²) in [5, 5.41) is 10.8. The third-order valence-electron chi connectivity index (χ3n) is 12.0. The largest absolute Gasteiger partial charge is 0.393 e. The van der Waals surface area contributed by atoms with Crippen LogP contribution in [0.25, 0.3) is 0 Å². The fraction of sp³-hybridized carbons (Fsp3) is 0.900. The van der Waals surface area contributed by atoms with Crippen molar-refractivity contribution >= 4 is 0 Å². The highest BCUT2D eigenvalue weighted by Crippen LogP contribution is 2.75. The molecular weight excluding hydrogens is 376 g/mol. The molecule has 0 aromatic carbocycles. The fourth-order valence-electron chi connectivity index (χ4n) is 9.85. The Morgan fingerprint density at radius 3 is 2.35 bits per heavy atom. The summed E-state index contributed by atoms with van der Waals surface area (Å²) in [5.41, 5.74) is 2.85. The van der Waals surface area contributed by atoms with Gasteiger partial charge in [0.25, 0.3) is 0 Å². The lowest BCUT2D eigenvalue weighted by Crippen LogP contribution is -2.60. The van der Waals surface area contributed by atoms with Crippen molar-refractivity contribution in [3.05, 3.63) is 17.6 Å². The molecule has 4 rings (SSSR count). The molecule has 0 amide bonds. The van der Waals surface area contributed by atoms with Crippen LogP contribution in [0.2, 0.25) is 0 Å². The standard InChI is InChI=1S/C30H51O/c1-20(2)10-9-11-21(3)22-14-18-30(8)24-12-13-25-27(4,5)26(31)16-17-28(25,6)23(24)15-19-29(22,30)7/h10,21-22,24-26,31H,9,11-19H2,1-8H3/q+1/t21-,22-,24-,25+,26+,28-,29-,30+/m1/s1. The molecular formula is C30H51O+. The fourth-order valence-corrected chi connectivity index (χ4v) is 9.85. The summed E-state index contributed by atoms with van der Waals surface area (Å²) in [4.78, 5) is 0. The smallest absolute Gasteiger partial charge is 0.111 e. The van der Waals surface area contributed by atoms with Crippen LogP contribution in [0.1, 0.15) is 120 Å². The van der Waals surface area contributed by atoms with Crippen LogP contribution < -0.4 is 0 Å². The average Bonchev–Trinajstić information content (AvgIpc) is 2.96. The van der Waals surface area contributed by atoms with Gasteiger partial charge in [0.05, 0.1) is 12.5 Å². The molecule has 0 radical (unpaired) electrons. The first-order valence-corrected chi connectivity index (χ1v) is 13.6. The number of aliphatic hydroxyl groups is 1. The van der Waals surface area contributed by atoms with E-state index in [9.17, 15) is 5.11 Å². The van der Waals surface area contributed by atoms with Gasteiger partial charge in [-0.15, -0.1) is 0 Å². The Labute approximate surface area is 193 Å². The molecule has 0 saturated heterocycles. The first kappa shape index (κ1) is 23.7. The number of hydrogen-bond acceptors (Lipinski definition) is 1. The Kier molecular flexibility index (Phi) is 5.98. The van der Waals surface area contributed by atoms with Crippen LogP contribution in [0.3, 0.4) is 0 Å². The van der Waals surface area contributed by atoms with Crippen LogP contribution in [0, 0.1) is 51.2 Å². The molecule has 0 aliphatic heterocycles. The topological polar surface area (TPSA) is 20.2 Å². The Morgan fingerprint density at radius 1 is 0.968 bits per heavy atom. The minimum Gasteiger partial charge on any atom is -0.393 e. The molecule has 0 unspecified atom stereocenters. The summed E-state index contributed by atoms with van der Waals surface area (Å²) in [6.45, 7) is 19.7. The van der Waals surface area contributed by atoms with Crippen molar-refractivity contribution in [1.82, 2.24) is 0 Å². The van der Waals surface area contributed by atoms with E-state index in [0.29, 0.717) is 22.2 Å². The molecule has 0 aromatic rings. The zero-order valence-corrected chi connectivity index (χ0v) is 22.0. The van der Waals surface area contributed by atoms with Crippen LogP contribution in [-0.2, 0) is 0 Å². The first-order chi connectivity index (χ1) is 14.4. The van der Waals surface area contributed by atoms with E-state index in [1.165, 1.54) is 63.4 Å². The van der Waals surface area contributed by atoms with Crippen molar-refractivity contribution in [2.24, 2.45) is 45.3 Å². The minimum atomic E-state index is -0.121. The summed E-state index contributed by atoms with van der Waals surface area (Å²) in [6, 6.07) is 0. The highest BCUT2D eigenvalue weighted by molar-refractivity contribution is 5.27. The highest BCUT2D eigenvalue weighted by atomic mass is 16.3. The molecule has 0 bridgehead atoms. The van der Waals surface area contributed by atoms with E-state index in [0.717, 1.165) is 24.2 Å².